The zero-order valence-electron chi connectivity index (χ0n) is 33.1. The van der Waals surface area contributed by atoms with E-state index in [1.54, 1.807) is 0 Å². The average molecular weight is 809 g/mol. The van der Waals surface area contributed by atoms with Crippen molar-refractivity contribution < 1.29 is 4.42 Å². The zero-order valence-corrected chi connectivity index (χ0v) is 33.9. The molecule has 0 aliphatic rings. The summed E-state index contributed by atoms with van der Waals surface area (Å²) in [5, 5.41) is 10.7. The van der Waals surface area contributed by atoms with Crippen LogP contribution in [-0.4, -0.2) is 19.1 Å². The van der Waals surface area contributed by atoms with Crippen molar-refractivity contribution in [3.8, 4) is 34.0 Å². The smallest absolute Gasteiger partial charge is 0.197 e. The molecular weight excluding hydrogens is 777 g/mol. The molecule has 0 fully saturated rings. The van der Waals surface area contributed by atoms with Crippen LogP contribution in [0.5, 0.6) is 0 Å². The van der Waals surface area contributed by atoms with Gasteiger partial charge in [-0.05, 0) is 71.1 Å². The Morgan fingerprint density at radius 2 is 1.06 bits per heavy atom. The zero-order chi connectivity index (χ0) is 40.5. The van der Waals surface area contributed by atoms with Crippen LogP contribution in [0.15, 0.2) is 199 Å². The van der Waals surface area contributed by atoms with Gasteiger partial charge in [0, 0.05) is 63.7 Å². The highest BCUT2D eigenvalue weighted by Gasteiger charge is 2.27. The van der Waals surface area contributed by atoms with E-state index < -0.39 is 0 Å². The lowest BCUT2D eigenvalue weighted by Gasteiger charge is -2.12. The van der Waals surface area contributed by atoms with E-state index in [1.165, 1.54) is 58.1 Å². The number of hydrogen-bond donors (Lipinski definition) is 0. The van der Waals surface area contributed by atoms with Crippen molar-refractivity contribution in [3.63, 3.8) is 0 Å². The molecule has 288 valence electrons. The molecule has 0 radical (unpaired) electrons. The van der Waals surface area contributed by atoms with Crippen LogP contribution in [0.2, 0.25) is 0 Å². The fourth-order valence-electron chi connectivity index (χ4n) is 10.0. The van der Waals surface area contributed by atoms with Crippen LogP contribution in [0.25, 0.3) is 131 Å². The molecule has 9 aromatic carbocycles. The van der Waals surface area contributed by atoms with Crippen molar-refractivity contribution in [2.24, 2.45) is 0 Å². The molecule has 0 saturated heterocycles. The number of nitrogens with zero attached hydrogens (tertiary/aromatic N) is 4. The Bertz CT molecular complexity index is 4160. The molecule has 5 aromatic heterocycles. The van der Waals surface area contributed by atoms with E-state index in [-0.39, 0.29) is 0 Å². The molecular formula is C56H32N4OS. The van der Waals surface area contributed by atoms with E-state index in [0.29, 0.717) is 11.4 Å². The molecule has 0 aliphatic carbocycles. The summed E-state index contributed by atoms with van der Waals surface area (Å²) in [6.07, 6.45) is 0. The molecule has 5 nitrogen and oxygen atoms in total. The molecule has 62 heavy (non-hydrogen) atoms. The van der Waals surface area contributed by atoms with Crippen LogP contribution >= 0.6 is 11.3 Å². The summed E-state index contributed by atoms with van der Waals surface area (Å²) in [5.41, 5.74) is 11.1. The third kappa shape index (κ3) is 4.67. The third-order valence-electron chi connectivity index (χ3n) is 12.7. The highest BCUT2D eigenvalue weighted by molar-refractivity contribution is 7.27. The van der Waals surface area contributed by atoms with Crippen LogP contribution in [-0.2, 0) is 0 Å². The highest BCUT2D eigenvalue weighted by Crippen LogP contribution is 2.50. The molecule has 0 amide bonds. The van der Waals surface area contributed by atoms with Gasteiger partial charge in [-0.2, -0.15) is 0 Å². The standard InChI is InChI=1S/C56H32N4OS/c1-3-16-33(17-4-1)34-18-15-19-35(30-34)55-57-51-41-26-11-14-29-47(41)61-53(51)56(58-55)60-45-28-13-10-25-40(45)49-38-23-7-8-24-39(38)54-50(52(49)60)43-31-42-37-22-9-12-27-44(37)59(36-20-5-2-6-21-36)46(42)32-48(43)62-54/h1-32H. The van der Waals surface area contributed by atoms with Gasteiger partial charge in [0.15, 0.2) is 17.2 Å². The van der Waals surface area contributed by atoms with Gasteiger partial charge in [0.1, 0.15) is 11.1 Å². The lowest BCUT2D eigenvalue weighted by atomic mass is 9.99. The number of furan rings is 1. The molecule has 0 N–H and O–H groups in total. The third-order valence-corrected chi connectivity index (χ3v) is 13.9. The number of hydrogen-bond acceptors (Lipinski definition) is 4. The molecule has 0 spiro atoms. The number of thiophene rings is 1. The van der Waals surface area contributed by atoms with Gasteiger partial charge >= 0.3 is 0 Å². The minimum absolute atomic E-state index is 0.644. The predicted molar refractivity (Wildman–Crippen MR) is 259 cm³/mol. The van der Waals surface area contributed by atoms with Crippen molar-refractivity contribution in [1.82, 2.24) is 19.1 Å². The largest absolute Gasteiger partial charge is 0.450 e. The van der Waals surface area contributed by atoms with E-state index in [1.807, 2.05) is 23.5 Å². The van der Waals surface area contributed by atoms with Gasteiger partial charge in [0.25, 0.3) is 0 Å². The second-order valence-electron chi connectivity index (χ2n) is 16.1. The maximum atomic E-state index is 6.86. The van der Waals surface area contributed by atoms with Crippen LogP contribution in [0.3, 0.4) is 0 Å². The van der Waals surface area contributed by atoms with E-state index in [9.17, 15) is 0 Å². The predicted octanol–water partition coefficient (Wildman–Crippen LogP) is 15.4. The first-order chi connectivity index (χ1) is 30.8. The topological polar surface area (TPSA) is 48.8 Å². The normalized spacial score (nSPS) is 12.2. The first-order valence-corrected chi connectivity index (χ1v) is 21.7. The number of rotatable bonds is 4. The van der Waals surface area contributed by atoms with Crippen molar-refractivity contribution >= 4 is 108 Å². The number of benzene rings is 9. The van der Waals surface area contributed by atoms with Gasteiger partial charge < -0.3 is 8.98 Å². The van der Waals surface area contributed by atoms with Crippen molar-refractivity contribution in [1.29, 1.82) is 0 Å². The van der Waals surface area contributed by atoms with Crippen LogP contribution in [0.4, 0.5) is 0 Å². The molecule has 0 saturated carbocycles. The Hall–Kier alpha value is -8.06. The fraction of sp³-hybridized carbons (Fsp3) is 0. The van der Waals surface area contributed by atoms with Gasteiger partial charge in [0.2, 0.25) is 0 Å². The van der Waals surface area contributed by atoms with Gasteiger partial charge in [-0.15, -0.1) is 11.3 Å². The van der Waals surface area contributed by atoms with Crippen molar-refractivity contribution in [2.75, 3.05) is 0 Å². The summed E-state index contributed by atoms with van der Waals surface area (Å²) in [4.78, 5) is 10.9. The molecule has 6 heteroatoms. The van der Waals surface area contributed by atoms with Gasteiger partial charge in [-0.3, -0.25) is 4.57 Å². The van der Waals surface area contributed by atoms with Crippen molar-refractivity contribution in [3.05, 3.63) is 194 Å². The fourth-order valence-corrected chi connectivity index (χ4v) is 11.3. The molecule has 0 bridgehead atoms. The Morgan fingerprint density at radius 1 is 0.419 bits per heavy atom. The summed E-state index contributed by atoms with van der Waals surface area (Å²) in [7, 11) is 0. The molecule has 5 heterocycles. The Balaban J connectivity index is 1.16. The molecule has 0 aliphatic heterocycles. The van der Waals surface area contributed by atoms with Gasteiger partial charge in [-0.25, -0.2) is 9.97 Å². The minimum Gasteiger partial charge on any atom is -0.450 e. The molecule has 14 aromatic rings. The van der Waals surface area contributed by atoms with E-state index >= 15 is 0 Å². The molecule has 14 rings (SSSR count). The summed E-state index contributed by atoms with van der Waals surface area (Å²) >= 11 is 1.87. The SMILES string of the molecule is c1ccc(-c2cccc(-c3nc(-n4c5ccccc5c5c6ccccc6c6sc7cc8c(cc7c6c54)c4ccccc4n8-c4ccccc4)c4oc5ccccc5c4n3)c2)cc1. The first kappa shape index (κ1) is 33.7. The highest BCUT2D eigenvalue weighted by atomic mass is 32.1. The number of aromatic nitrogens is 4. The second kappa shape index (κ2) is 12.7. The summed E-state index contributed by atoms with van der Waals surface area (Å²) in [6, 6.07) is 69.3. The number of fused-ring (bicyclic) bond motifs is 16. The Morgan fingerprint density at radius 3 is 1.89 bits per heavy atom. The molecule has 0 unspecified atom stereocenters. The maximum Gasteiger partial charge on any atom is 0.197 e. The quantitative estimate of drug-likeness (QED) is 0.178. The van der Waals surface area contributed by atoms with E-state index in [4.69, 9.17) is 14.4 Å². The summed E-state index contributed by atoms with van der Waals surface area (Å²) in [6.45, 7) is 0. The lowest BCUT2D eigenvalue weighted by Crippen LogP contribution is -2.02. The van der Waals surface area contributed by atoms with Crippen LogP contribution in [0, 0.1) is 0 Å². The van der Waals surface area contributed by atoms with Crippen LogP contribution < -0.4 is 0 Å². The minimum atomic E-state index is 0.644. The lowest BCUT2D eigenvalue weighted by molar-refractivity contribution is 0.662. The maximum absolute atomic E-state index is 6.86. The number of para-hydroxylation sites is 4. The Labute approximate surface area is 358 Å². The van der Waals surface area contributed by atoms with E-state index in [0.717, 1.165) is 61.1 Å². The van der Waals surface area contributed by atoms with Gasteiger partial charge in [0.05, 0.1) is 22.1 Å². The molecule has 0 atom stereocenters. The van der Waals surface area contributed by atoms with Crippen molar-refractivity contribution in [2.45, 2.75) is 0 Å². The van der Waals surface area contributed by atoms with Crippen LogP contribution in [0.1, 0.15) is 0 Å². The van der Waals surface area contributed by atoms with E-state index in [2.05, 4.69) is 191 Å². The monoisotopic (exact) mass is 808 g/mol. The van der Waals surface area contributed by atoms with Gasteiger partial charge in [-0.1, -0.05) is 140 Å². The second-order valence-corrected chi connectivity index (χ2v) is 17.1. The Kier molecular flexibility index (Phi) is 6.92. The first-order valence-electron chi connectivity index (χ1n) is 20.9. The summed E-state index contributed by atoms with van der Waals surface area (Å²) in [5.74, 6) is 1.36. The average Bonchev–Trinajstić information content (AvgIpc) is 4.09. The summed E-state index contributed by atoms with van der Waals surface area (Å²) < 4.78 is 14.1.